The highest BCUT2D eigenvalue weighted by atomic mass is 19.1. The molecule has 122 valence electrons. The Morgan fingerprint density at radius 2 is 1.42 bits per heavy atom. The number of methoxy groups -OCH3 is 1. The zero-order valence-corrected chi connectivity index (χ0v) is 13.1. The van der Waals surface area contributed by atoms with Crippen molar-refractivity contribution in [2.75, 3.05) is 7.11 Å². The summed E-state index contributed by atoms with van der Waals surface area (Å²) in [7, 11) is 1.54. The van der Waals surface area contributed by atoms with Crippen molar-refractivity contribution in [3.05, 3.63) is 83.9 Å². The van der Waals surface area contributed by atoms with Gasteiger partial charge in [0.05, 0.1) is 12.7 Å². The van der Waals surface area contributed by atoms with Gasteiger partial charge in [-0.05, 0) is 23.3 Å². The summed E-state index contributed by atoms with van der Waals surface area (Å²) in [5.41, 5.74) is 1.29. The third-order valence-electron chi connectivity index (χ3n) is 3.64. The van der Waals surface area contributed by atoms with E-state index in [-0.39, 0.29) is 17.9 Å². The Kier molecular flexibility index (Phi) is 4.75. The highest BCUT2D eigenvalue weighted by Crippen LogP contribution is 2.31. The van der Waals surface area contributed by atoms with Crippen LogP contribution in [0.5, 0.6) is 11.5 Å². The molecule has 0 aromatic heterocycles. The van der Waals surface area contributed by atoms with Crippen LogP contribution in [0, 0.1) is 11.6 Å². The second-order valence-corrected chi connectivity index (χ2v) is 5.26. The summed E-state index contributed by atoms with van der Waals surface area (Å²) in [4.78, 5) is 0. The summed E-state index contributed by atoms with van der Waals surface area (Å²) < 4.78 is 39.2. The molecule has 0 unspecified atom stereocenters. The van der Waals surface area contributed by atoms with Gasteiger partial charge in [-0.1, -0.05) is 42.5 Å². The van der Waals surface area contributed by atoms with E-state index < -0.39 is 11.6 Å². The van der Waals surface area contributed by atoms with Crippen LogP contribution in [0.3, 0.4) is 0 Å². The Morgan fingerprint density at radius 1 is 0.792 bits per heavy atom. The lowest BCUT2D eigenvalue weighted by Gasteiger charge is -2.11. The van der Waals surface area contributed by atoms with E-state index in [1.54, 1.807) is 24.3 Å². The number of hydrogen-bond donors (Lipinski definition) is 0. The van der Waals surface area contributed by atoms with Gasteiger partial charge in [-0.3, -0.25) is 0 Å². The number of ether oxygens (including phenoxy) is 2. The second-order valence-electron chi connectivity index (χ2n) is 5.26. The first-order chi connectivity index (χ1) is 11.7. The van der Waals surface area contributed by atoms with E-state index >= 15 is 0 Å². The molecule has 0 fully saturated rings. The molecule has 0 heterocycles. The van der Waals surface area contributed by atoms with Gasteiger partial charge in [0.25, 0.3) is 0 Å². The molecule has 2 nitrogen and oxygen atoms in total. The Balaban J connectivity index is 1.82. The van der Waals surface area contributed by atoms with Crippen LogP contribution in [-0.4, -0.2) is 7.11 Å². The van der Waals surface area contributed by atoms with Crippen LogP contribution < -0.4 is 9.47 Å². The first-order valence-electron chi connectivity index (χ1n) is 7.47. The Labute approximate surface area is 139 Å². The van der Waals surface area contributed by atoms with Crippen molar-refractivity contribution in [2.45, 2.75) is 6.61 Å². The fourth-order valence-electron chi connectivity index (χ4n) is 2.41. The molecule has 3 aromatic rings. The van der Waals surface area contributed by atoms with Gasteiger partial charge in [0.15, 0.2) is 0 Å². The van der Waals surface area contributed by atoms with E-state index in [1.807, 2.05) is 30.3 Å². The number of rotatable bonds is 5. The van der Waals surface area contributed by atoms with Gasteiger partial charge >= 0.3 is 0 Å². The molecule has 0 atom stereocenters. The van der Waals surface area contributed by atoms with Crippen molar-refractivity contribution >= 4 is 0 Å². The van der Waals surface area contributed by atoms with E-state index in [0.29, 0.717) is 11.3 Å². The molecule has 0 N–H and O–H groups in total. The van der Waals surface area contributed by atoms with Crippen LogP contribution >= 0.6 is 0 Å². The van der Waals surface area contributed by atoms with Gasteiger partial charge in [0.1, 0.15) is 29.7 Å². The largest absolute Gasteiger partial charge is 0.497 e. The maximum absolute atomic E-state index is 14.4. The summed E-state index contributed by atoms with van der Waals surface area (Å²) in [6.45, 7) is 0.252. The molecule has 0 radical (unpaired) electrons. The molecule has 0 aliphatic heterocycles. The molecule has 4 heteroatoms. The molecule has 0 bridgehead atoms. The van der Waals surface area contributed by atoms with Crippen LogP contribution in [0.25, 0.3) is 11.1 Å². The smallest absolute Gasteiger partial charge is 0.137 e. The zero-order chi connectivity index (χ0) is 16.9. The minimum Gasteiger partial charge on any atom is -0.497 e. The van der Waals surface area contributed by atoms with Gasteiger partial charge < -0.3 is 9.47 Å². The summed E-state index contributed by atoms with van der Waals surface area (Å²) in [5.74, 6) is -0.542. The molecular formula is C20H16F2O2. The fourth-order valence-corrected chi connectivity index (χ4v) is 2.41. The predicted octanol–water partition coefficient (Wildman–Crippen LogP) is 5.22. The normalized spacial score (nSPS) is 10.5. The number of benzene rings is 3. The fraction of sp³-hybridized carbons (Fsp3) is 0.100. The molecular weight excluding hydrogens is 310 g/mol. The van der Waals surface area contributed by atoms with Crippen molar-refractivity contribution in [3.8, 4) is 22.6 Å². The molecule has 3 rings (SSSR count). The maximum atomic E-state index is 14.4. The molecule has 24 heavy (non-hydrogen) atoms. The molecule has 0 aliphatic rings. The van der Waals surface area contributed by atoms with Crippen molar-refractivity contribution in [3.63, 3.8) is 0 Å². The molecule has 0 saturated heterocycles. The van der Waals surface area contributed by atoms with Crippen LogP contribution in [0.1, 0.15) is 5.56 Å². The Hall–Kier alpha value is -2.88. The Morgan fingerprint density at radius 3 is 2.00 bits per heavy atom. The lowest BCUT2D eigenvalue weighted by atomic mass is 10.0. The van der Waals surface area contributed by atoms with E-state index in [4.69, 9.17) is 9.47 Å². The highest BCUT2D eigenvalue weighted by Gasteiger charge is 2.14. The lowest BCUT2D eigenvalue weighted by Crippen LogP contribution is -1.98. The SMILES string of the molecule is COc1ccc(-c2c(F)cc(OCc3ccccc3)cc2F)cc1. The van der Waals surface area contributed by atoms with Gasteiger partial charge in [0.2, 0.25) is 0 Å². The molecule has 0 amide bonds. The molecule has 0 spiro atoms. The monoisotopic (exact) mass is 326 g/mol. The lowest BCUT2D eigenvalue weighted by molar-refractivity contribution is 0.303. The molecule has 3 aromatic carbocycles. The van der Waals surface area contributed by atoms with Crippen LogP contribution in [0.4, 0.5) is 8.78 Å². The predicted molar refractivity (Wildman–Crippen MR) is 89.1 cm³/mol. The third kappa shape index (κ3) is 3.54. The quantitative estimate of drug-likeness (QED) is 0.640. The van der Waals surface area contributed by atoms with Gasteiger partial charge in [-0.25, -0.2) is 8.78 Å². The van der Waals surface area contributed by atoms with E-state index in [9.17, 15) is 8.78 Å². The Bertz CT molecular complexity index is 792. The zero-order valence-electron chi connectivity index (χ0n) is 13.1. The summed E-state index contributed by atoms with van der Waals surface area (Å²) in [6, 6.07) is 18.4. The standard InChI is InChI=1S/C20H16F2O2/c1-23-16-9-7-15(8-10-16)20-18(21)11-17(12-19(20)22)24-13-14-5-3-2-4-6-14/h2-12H,13H2,1H3. The second kappa shape index (κ2) is 7.13. The van der Waals surface area contributed by atoms with Gasteiger partial charge in [0, 0.05) is 12.1 Å². The van der Waals surface area contributed by atoms with E-state index in [0.717, 1.165) is 5.56 Å². The average molecular weight is 326 g/mol. The number of halogens is 2. The van der Waals surface area contributed by atoms with Gasteiger partial charge in [-0.15, -0.1) is 0 Å². The van der Waals surface area contributed by atoms with Crippen molar-refractivity contribution in [2.24, 2.45) is 0 Å². The highest BCUT2D eigenvalue weighted by molar-refractivity contribution is 5.66. The minimum atomic E-state index is -0.664. The van der Waals surface area contributed by atoms with E-state index in [2.05, 4.69) is 0 Å². The van der Waals surface area contributed by atoms with Crippen LogP contribution in [0.15, 0.2) is 66.7 Å². The van der Waals surface area contributed by atoms with Crippen molar-refractivity contribution < 1.29 is 18.3 Å². The molecule has 0 saturated carbocycles. The maximum Gasteiger partial charge on any atom is 0.137 e. The first-order valence-corrected chi connectivity index (χ1v) is 7.47. The number of hydrogen-bond acceptors (Lipinski definition) is 2. The van der Waals surface area contributed by atoms with Gasteiger partial charge in [-0.2, -0.15) is 0 Å². The summed E-state index contributed by atoms with van der Waals surface area (Å²) in [5, 5.41) is 0. The van der Waals surface area contributed by atoms with Crippen LogP contribution in [-0.2, 0) is 6.61 Å². The first kappa shape index (κ1) is 16.0. The van der Waals surface area contributed by atoms with Crippen molar-refractivity contribution in [1.82, 2.24) is 0 Å². The van der Waals surface area contributed by atoms with E-state index in [1.165, 1.54) is 19.2 Å². The van der Waals surface area contributed by atoms with Crippen molar-refractivity contribution in [1.29, 1.82) is 0 Å². The third-order valence-corrected chi connectivity index (χ3v) is 3.64. The molecule has 0 aliphatic carbocycles. The topological polar surface area (TPSA) is 18.5 Å². The summed E-state index contributed by atoms with van der Waals surface area (Å²) in [6.07, 6.45) is 0. The average Bonchev–Trinajstić information content (AvgIpc) is 2.61. The minimum absolute atomic E-state index is 0.0790. The summed E-state index contributed by atoms with van der Waals surface area (Å²) >= 11 is 0. The van der Waals surface area contributed by atoms with Crippen LogP contribution in [0.2, 0.25) is 0 Å².